The van der Waals surface area contributed by atoms with E-state index in [-0.39, 0.29) is 5.92 Å². The molecule has 4 heteroatoms. The molecule has 0 aliphatic heterocycles. The van der Waals surface area contributed by atoms with Gasteiger partial charge in [0.2, 0.25) is 0 Å². The van der Waals surface area contributed by atoms with Crippen molar-refractivity contribution in [1.29, 1.82) is 0 Å². The van der Waals surface area contributed by atoms with Crippen molar-refractivity contribution in [2.45, 2.75) is 45.1 Å². The number of halogens is 2. The van der Waals surface area contributed by atoms with Gasteiger partial charge in [0.25, 0.3) is 0 Å². The fourth-order valence-electron chi connectivity index (χ4n) is 2.78. The molecule has 1 aliphatic rings. The van der Waals surface area contributed by atoms with Gasteiger partial charge >= 0.3 is 0 Å². The van der Waals surface area contributed by atoms with E-state index in [1.54, 1.807) is 12.3 Å². The maximum absolute atomic E-state index is 10.4. The average molecular weight is 288 g/mol. The Morgan fingerprint density at radius 3 is 2.56 bits per heavy atom. The van der Waals surface area contributed by atoms with Gasteiger partial charge in [0.1, 0.15) is 6.10 Å². The summed E-state index contributed by atoms with van der Waals surface area (Å²) in [5, 5.41) is 11.4. The first-order chi connectivity index (χ1) is 8.61. The van der Waals surface area contributed by atoms with Crippen LogP contribution >= 0.6 is 23.2 Å². The molecule has 1 aromatic rings. The molecule has 0 radical (unpaired) electrons. The average Bonchev–Trinajstić information content (AvgIpc) is 2.38. The largest absolute Gasteiger partial charge is 0.386 e. The summed E-state index contributed by atoms with van der Waals surface area (Å²) in [6, 6.07) is 1.65. The molecule has 1 unspecified atom stereocenters. The van der Waals surface area contributed by atoms with Crippen molar-refractivity contribution in [3.8, 4) is 0 Å². The zero-order valence-corrected chi connectivity index (χ0v) is 12.1. The maximum Gasteiger partial charge on any atom is 0.100 e. The van der Waals surface area contributed by atoms with Crippen molar-refractivity contribution in [3.63, 3.8) is 0 Å². The van der Waals surface area contributed by atoms with Crippen molar-refractivity contribution in [2.24, 2.45) is 11.8 Å². The lowest BCUT2D eigenvalue weighted by Crippen LogP contribution is -2.21. The highest BCUT2D eigenvalue weighted by molar-refractivity contribution is 6.34. The minimum atomic E-state index is -0.562. The van der Waals surface area contributed by atoms with Crippen molar-refractivity contribution < 1.29 is 5.11 Å². The second-order valence-corrected chi connectivity index (χ2v) is 6.00. The zero-order chi connectivity index (χ0) is 13.1. The van der Waals surface area contributed by atoms with E-state index in [0.717, 1.165) is 18.8 Å². The molecule has 0 spiro atoms. The summed E-state index contributed by atoms with van der Waals surface area (Å²) in [7, 11) is 0. The Bertz CT molecular complexity index is 403. The second kappa shape index (κ2) is 6.23. The van der Waals surface area contributed by atoms with Crippen molar-refractivity contribution >= 4 is 23.2 Å². The number of nitrogens with zero attached hydrogens (tertiary/aromatic N) is 1. The van der Waals surface area contributed by atoms with E-state index in [1.165, 1.54) is 19.3 Å². The van der Waals surface area contributed by atoms with E-state index < -0.39 is 6.10 Å². The third-order valence-electron chi connectivity index (χ3n) is 4.03. The summed E-state index contributed by atoms with van der Waals surface area (Å²) in [4.78, 5) is 4.18. The Hall–Kier alpha value is -0.310. The van der Waals surface area contributed by atoms with Gasteiger partial charge in [-0.25, -0.2) is 0 Å². The van der Waals surface area contributed by atoms with Crippen LogP contribution in [0.15, 0.2) is 12.3 Å². The number of hydrogen-bond acceptors (Lipinski definition) is 2. The molecule has 0 bridgehead atoms. The Labute approximate surface area is 118 Å². The van der Waals surface area contributed by atoms with Gasteiger partial charge in [-0.05, 0) is 30.7 Å². The number of hydrogen-bond donors (Lipinski definition) is 1. The van der Waals surface area contributed by atoms with Crippen LogP contribution in [0.5, 0.6) is 0 Å². The molecule has 100 valence electrons. The van der Waals surface area contributed by atoms with Gasteiger partial charge in [0.15, 0.2) is 0 Å². The monoisotopic (exact) mass is 287 g/mol. The highest BCUT2D eigenvalue weighted by atomic mass is 35.5. The van der Waals surface area contributed by atoms with Crippen LogP contribution in [-0.2, 0) is 0 Å². The predicted molar refractivity (Wildman–Crippen MR) is 75.0 cm³/mol. The van der Waals surface area contributed by atoms with E-state index in [1.807, 2.05) is 0 Å². The molecule has 1 saturated carbocycles. The first-order valence-electron chi connectivity index (χ1n) is 6.60. The Kier molecular flexibility index (Phi) is 4.88. The minimum Gasteiger partial charge on any atom is -0.386 e. The fraction of sp³-hybridized carbons (Fsp3) is 0.643. The van der Waals surface area contributed by atoms with Gasteiger partial charge in [0.05, 0.1) is 15.7 Å². The molecule has 0 aromatic carbocycles. The van der Waals surface area contributed by atoms with Crippen LogP contribution in [0.2, 0.25) is 10.0 Å². The molecular weight excluding hydrogens is 269 g/mol. The van der Waals surface area contributed by atoms with Crippen LogP contribution < -0.4 is 0 Å². The molecule has 18 heavy (non-hydrogen) atoms. The molecule has 1 heterocycles. The highest BCUT2D eigenvalue weighted by Gasteiger charge is 2.28. The molecule has 2 rings (SSSR count). The normalized spacial score (nSPS) is 26.0. The Morgan fingerprint density at radius 2 is 2.00 bits per heavy atom. The first-order valence-corrected chi connectivity index (χ1v) is 7.36. The van der Waals surface area contributed by atoms with Crippen molar-refractivity contribution in [2.75, 3.05) is 0 Å². The van der Waals surface area contributed by atoms with Crippen molar-refractivity contribution in [1.82, 2.24) is 4.98 Å². The number of aliphatic hydroxyl groups is 1. The van der Waals surface area contributed by atoms with Gasteiger partial charge in [-0.3, -0.25) is 4.98 Å². The van der Waals surface area contributed by atoms with Gasteiger partial charge < -0.3 is 5.11 Å². The smallest absolute Gasteiger partial charge is 0.100 e. The number of rotatable bonds is 3. The summed E-state index contributed by atoms with van der Waals surface area (Å²) >= 11 is 11.9. The maximum atomic E-state index is 10.4. The Morgan fingerprint density at radius 1 is 1.33 bits per heavy atom. The highest BCUT2D eigenvalue weighted by Crippen LogP contribution is 2.39. The van der Waals surface area contributed by atoms with E-state index in [0.29, 0.717) is 15.7 Å². The lowest BCUT2D eigenvalue weighted by molar-refractivity contribution is 0.0697. The van der Waals surface area contributed by atoms with Gasteiger partial charge in [0, 0.05) is 6.20 Å². The van der Waals surface area contributed by atoms with Gasteiger partial charge in [-0.1, -0.05) is 49.4 Å². The fourth-order valence-corrected chi connectivity index (χ4v) is 3.27. The molecule has 0 saturated heterocycles. The van der Waals surface area contributed by atoms with Crippen molar-refractivity contribution in [3.05, 3.63) is 28.0 Å². The molecule has 1 aliphatic carbocycles. The van der Waals surface area contributed by atoms with E-state index >= 15 is 0 Å². The third kappa shape index (κ3) is 3.17. The second-order valence-electron chi connectivity index (χ2n) is 5.15. The summed E-state index contributed by atoms with van der Waals surface area (Å²) < 4.78 is 0. The molecular formula is C14H19Cl2NO. The topological polar surface area (TPSA) is 33.1 Å². The summed E-state index contributed by atoms with van der Waals surface area (Å²) in [6.45, 7) is 2.24. The van der Waals surface area contributed by atoms with E-state index in [2.05, 4.69) is 11.9 Å². The summed E-state index contributed by atoms with van der Waals surface area (Å²) in [6.07, 6.45) is 6.73. The van der Waals surface area contributed by atoms with E-state index in [9.17, 15) is 5.11 Å². The number of aromatic nitrogens is 1. The molecule has 1 N–H and O–H groups in total. The van der Waals surface area contributed by atoms with Crippen LogP contribution in [0.25, 0.3) is 0 Å². The van der Waals surface area contributed by atoms with Crippen LogP contribution in [-0.4, -0.2) is 10.1 Å². The number of pyridine rings is 1. The lowest BCUT2D eigenvalue weighted by atomic mass is 9.78. The quantitative estimate of drug-likeness (QED) is 0.879. The molecule has 1 atom stereocenters. The van der Waals surface area contributed by atoms with Crippen LogP contribution in [0.3, 0.4) is 0 Å². The summed E-state index contributed by atoms with van der Waals surface area (Å²) in [5.41, 5.74) is 0.570. The molecule has 2 nitrogen and oxygen atoms in total. The van der Waals surface area contributed by atoms with Crippen LogP contribution in [0.1, 0.15) is 50.8 Å². The lowest BCUT2D eigenvalue weighted by Gasteiger charge is -2.31. The molecule has 0 amide bonds. The molecule has 1 aromatic heterocycles. The van der Waals surface area contributed by atoms with Gasteiger partial charge in [-0.15, -0.1) is 0 Å². The van der Waals surface area contributed by atoms with E-state index in [4.69, 9.17) is 23.2 Å². The molecule has 1 fully saturated rings. The third-order valence-corrected chi connectivity index (χ3v) is 4.54. The standard InChI is InChI=1S/C14H19Cl2NO/c1-2-9-3-5-10(6-4-9)14(18)13-12(16)7-11(15)8-17-13/h7-10,14,18H,2-6H2,1H3. The minimum absolute atomic E-state index is 0.277. The van der Waals surface area contributed by atoms with Crippen LogP contribution in [0.4, 0.5) is 0 Å². The first kappa shape index (κ1) is 14.1. The number of aliphatic hydroxyl groups excluding tert-OH is 1. The van der Waals surface area contributed by atoms with Crippen LogP contribution in [0, 0.1) is 11.8 Å². The predicted octanol–water partition coefficient (Wildman–Crippen LogP) is 4.64. The Balaban J connectivity index is 2.05. The summed E-state index contributed by atoms with van der Waals surface area (Å²) in [5.74, 6) is 1.10. The van der Waals surface area contributed by atoms with Gasteiger partial charge in [-0.2, -0.15) is 0 Å². The zero-order valence-electron chi connectivity index (χ0n) is 10.6. The SMILES string of the molecule is CCC1CCC(C(O)c2ncc(Cl)cc2Cl)CC1.